The Bertz CT molecular complexity index is 665. The lowest BCUT2D eigenvalue weighted by Gasteiger charge is -2.16. The second-order valence-electron chi connectivity index (χ2n) is 6.33. The third kappa shape index (κ3) is 7.80. The van der Waals surface area contributed by atoms with Gasteiger partial charge in [0.2, 0.25) is 0 Å². The maximum Gasteiger partial charge on any atom is 0.129 e. The van der Waals surface area contributed by atoms with Crippen LogP contribution in [0.2, 0.25) is 0 Å². The van der Waals surface area contributed by atoms with Gasteiger partial charge in [0.25, 0.3) is 0 Å². The Morgan fingerprint density at radius 2 is 1.88 bits per heavy atom. The molecule has 0 amide bonds. The molecule has 0 saturated carbocycles. The number of thioether (sulfide) groups is 1. The Morgan fingerprint density at radius 3 is 2.36 bits per heavy atom. The van der Waals surface area contributed by atoms with Crippen LogP contribution in [-0.2, 0) is 4.79 Å². The minimum Gasteiger partial charge on any atom is -0.385 e. The summed E-state index contributed by atoms with van der Waals surface area (Å²) in [5, 5.41) is 5.34. The number of hydrogen-bond donors (Lipinski definition) is 2. The summed E-state index contributed by atoms with van der Waals surface area (Å²) >= 11 is 9.98. The van der Waals surface area contributed by atoms with Gasteiger partial charge >= 0.3 is 0 Å². The Hall–Kier alpha value is -1.04. The van der Waals surface area contributed by atoms with Crippen LogP contribution >= 0.6 is 36.6 Å². The van der Waals surface area contributed by atoms with E-state index in [0.29, 0.717) is 10.5 Å². The van der Waals surface area contributed by atoms with Crippen LogP contribution in [0.15, 0.2) is 42.5 Å². The standard InChI is InChI=1S/C16H18S.C2H5NS.C2H4OS/c1-16(2)10-15(11-17-16)14-8-7-12-5-3-4-6-13(12)9-14;1-3-2-4;3-1-2-4/h3-9,15H,10-11H2,1-2H3;2H,1H3,(H,3,4);1,4H,2H2. The number of fused-ring (bicyclic) bond motifs is 1. The summed E-state index contributed by atoms with van der Waals surface area (Å²) in [4.78, 5) is 9.10. The van der Waals surface area contributed by atoms with Gasteiger partial charge in [0.1, 0.15) is 6.29 Å². The van der Waals surface area contributed by atoms with Crippen molar-refractivity contribution in [3.63, 3.8) is 0 Å². The van der Waals surface area contributed by atoms with Crippen molar-refractivity contribution in [3.05, 3.63) is 48.0 Å². The van der Waals surface area contributed by atoms with Gasteiger partial charge in [-0.25, -0.2) is 0 Å². The molecule has 1 saturated heterocycles. The van der Waals surface area contributed by atoms with Crippen molar-refractivity contribution in [2.24, 2.45) is 0 Å². The highest BCUT2D eigenvalue weighted by atomic mass is 32.2. The van der Waals surface area contributed by atoms with E-state index in [4.69, 9.17) is 4.79 Å². The van der Waals surface area contributed by atoms with E-state index in [1.54, 1.807) is 7.05 Å². The van der Waals surface area contributed by atoms with Crippen LogP contribution in [-0.4, -0.2) is 35.1 Å². The minimum absolute atomic E-state index is 0.333. The maximum atomic E-state index is 9.10. The van der Waals surface area contributed by atoms with E-state index in [-0.39, 0.29) is 0 Å². The number of hydrogen-bond acceptors (Lipinski definition) is 4. The number of benzene rings is 2. The highest BCUT2D eigenvalue weighted by molar-refractivity contribution is 8.00. The number of thiol groups is 1. The van der Waals surface area contributed by atoms with E-state index < -0.39 is 0 Å². The SMILES string of the molecule is CC1(C)CC(c2ccc3ccccc3c2)CS1.CNC=S.O=CCS. The van der Waals surface area contributed by atoms with Crippen molar-refractivity contribution in [1.29, 1.82) is 0 Å². The number of carbonyl (C=O) groups excluding carboxylic acids is 1. The number of thiocarbonyl (C=S) groups is 1. The summed E-state index contributed by atoms with van der Waals surface area (Å²) in [6.45, 7) is 4.72. The lowest BCUT2D eigenvalue weighted by atomic mass is 9.91. The lowest BCUT2D eigenvalue weighted by molar-refractivity contribution is -0.105. The third-order valence-corrected chi connectivity index (χ3v) is 5.75. The average molecular weight is 394 g/mol. The van der Waals surface area contributed by atoms with Gasteiger partial charge in [-0.15, -0.1) is 0 Å². The number of nitrogens with one attached hydrogen (secondary N) is 1. The molecule has 0 spiro atoms. The van der Waals surface area contributed by atoms with Crippen molar-refractivity contribution in [2.75, 3.05) is 18.6 Å². The number of rotatable bonds is 3. The molecule has 0 radical (unpaired) electrons. The molecule has 1 N–H and O–H groups in total. The second-order valence-corrected chi connectivity index (χ2v) is 8.66. The summed E-state index contributed by atoms with van der Waals surface area (Å²) in [5.74, 6) is 2.34. The molecule has 25 heavy (non-hydrogen) atoms. The molecule has 5 heteroatoms. The van der Waals surface area contributed by atoms with Gasteiger partial charge in [-0.2, -0.15) is 24.4 Å². The van der Waals surface area contributed by atoms with E-state index >= 15 is 0 Å². The summed E-state index contributed by atoms with van der Waals surface area (Å²) < 4.78 is 0.455. The van der Waals surface area contributed by atoms with Crippen LogP contribution in [0.4, 0.5) is 0 Å². The van der Waals surface area contributed by atoms with Gasteiger partial charge in [-0.3, -0.25) is 0 Å². The highest BCUT2D eigenvalue weighted by Gasteiger charge is 2.32. The van der Waals surface area contributed by atoms with Crippen LogP contribution in [0.5, 0.6) is 0 Å². The zero-order valence-electron chi connectivity index (χ0n) is 15.1. The molecule has 1 aliphatic heterocycles. The normalized spacial score (nSPS) is 17.5. The number of carbonyl (C=O) groups is 1. The molecule has 0 aromatic heterocycles. The molecule has 3 rings (SSSR count). The molecular formula is C20H27NOS3. The molecule has 2 aromatic rings. The van der Waals surface area contributed by atoms with E-state index in [2.05, 4.69) is 98.2 Å². The van der Waals surface area contributed by atoms with Gasteiger partial charge in [0, 0.05) is 23.3 Å². The molecule has 1 fully saturated rings. The minimum atomic E-state index is 0.333. The molecule has 136 valence electrons. The molecular weight excluding hydrogens is 366 g/mol. The van der Waals surface area contributed by atoms with Gasteiger partial charge < -0.3 is 10.1 Å². The fraction of sp³-hybridized carbons (Fsp3) is 0.400. The Labute approximate surface area is 166 Å². The Kier molecular flexibility index (Phi) is 10.2. The van der Waals surface area contributed by atoms with E-state index in [0.717, 1.165) is 12.2 Å². The number of aldehydes is 1. The van der Waals surface area contributed by atoms with Crippen LogP contribution in [0.3, 0.4) is 0 Å². The fourth-order valence-electron chi connectivity index (χ4n) is 2.71. The second kappa shape index (κ2) is 11.6. The van der Waals surface area contributed by atoms with Crippen LogP contribution in [0.1, 0.15) is 31.7 Å². The lowest BCUT2D eigenvalue weighted by Crippen LogP contribution is -2.09. The Balaban J connectivity index is 0.000000333. The molecule has 1 unspecified atom stereocenters. The molecule has 0 bridgehead atoms. The predicted octanol–water partition coefficient (Wildman–Crippen LogP) is 5.12. The summed E-state index contributed by atoms with van der Waals surface area (Å²) in [6, 6.07) is 15.6. The molecule has 1 aliphatic rings. The first kappa shape index (κ1) is 22.0. The van der Waals surface area contributed by atoms with E-state index in [1.165, 1.54) is 34.0 Å². The fourth-order valence-corrected chi connectivity index (χ4v) is 3.99. The Morgan fingerprint density at radius 1 is 1.28 bits per heavy atom. The van der Waals surface area contributed by atoms with Crippen molar-refractivity contribution in [3.8, 4) is 0 Å². The third-order valence-electron chi connectivity index (χ3n) is 3.85. The van der Waals surface area contributed by atoms with Crippen molar-refractivity contribution in [2.45, 2.75) is 30.9 Å². The first-order valence-electron chi connectivity index (χ1n) is 8.25. The topological polar surface area (TPSA) is 29.1 Å². The summed E-state index contributed by atoms with van der Waals surface area (Å²) in [7, 11) is 1.77. The summed E-state index contributed by atoms with van der Waals surface area (Å²) in [5.41, 5.74) is 2.97. The van der Waals surface area contributed by atoms with Gasteiger partial charge in [-0.1, -0.05) is 68.5 Å². The first-order valence-corrected chi connectivity index (χ1v) is 10.3. The maximum absolute atomic E-state index is 9.10. The van der Waals surface area contributed by atoms with Gasteiger partial charge in [0.15, 0.2) is 0 Å². The first-order chi connectivity index (χ1) is 12.0. The average Bonchev–Trinajstić information content (AvgIpc) is 3.01. The largest absolute Gasteiger partial charge is 0.385 e. The molecule has 1 atom stereocenters. The van der Waals surface area contributed by atoms with E-state index in [1.807, 2.05) is 0 Å². The summed E-state index contributed by atoms with van der Waals surface area (Å²) in [6.07, 6.45) is 2.04. The van der Waals surface area contributed by atoms with Crippen molar-refractivity contribution < 1.29 is 4.79 Å². The molecule has 1 heterocycles. The smallest absolute Gasteiger partial charge is 0.129 e. The molecule has 2 nitrogen and oxygen atoms in total. The quantitative estimate of drug-likeness (QED) is 0.430. The van der Waals surface area contributed by atoms with Crippen molar-refractivity contribution >= 4 is 59.2 Å². The monoisotopic (exact) mass is 393 g/mol. The van der Waals surface area contributed by atoms with Crippen LogP contribution < -0.4 is 5.32 Å². The zero-order valence-corrected chi connectivity index (χ0v) is 17.6. The molecule has 0 aliphatic carbocycles. The van der Waals surface area contributed by atoms with Crippen LogP contribution in [0.25, 0.3) is 10.8 Å². The van der Waals surface area contributed by atoms with Gasteiger partial charge in [0.05, 0.1) is 5.49 Å². The van der Waals surface area contributed by atoms with Crippen LogP contribution in [0, 0.1) is 0 Å². The van der Waals surface area contributed by atoms with Crippen molar-refractivity contribution in [1.82, 2.24) is 5.32 Å². The predicted molar refractivity (Wildman–Crippen MR) is 120 cm³/mol. The molecule has 2 aromatic carbocycles. The van der Waals surface area contributed by atoms with E-state index in [9.17, 15) is 0 Å². The highest BCUT2D eigenvalue weighted by Crippen LogP contribution is 2.45. The van der Waals surface area contributed by atoms with Gasteiger partial charge in [-0.05, 0) is 28.7 Å². The zero-order chi connectivity index (χ0) is 18.7.